The zero-order valence-corrected chi connectivity index (χ0v) is 16.9. The molecule has 0 saturated heterocycles. The molecule has 0 saturated carbocycles. The highest BCUT2D eigenvalue weighted by atomic mass is 79.9. The number of hydrogen-bond donors (Lipinski definition) is 1. The molecule has 27 heavy (non-hydrogen) atoms. The largest absolute Gasteiger partial charge is 0.368 e. The van der Waals surface area contributed by atoms with Crippen LogP contribution in [0.1, 0.15) is 25.2 Å². The van der Waals surface area contributed by atoms with Crippen molar-refractivity contribution in [2.24, 2.45) is 0 Å². The molecule has 4 aromatic rings. The Balaban J connectivity index is 1.67. The van der Waals surface area contributed by atoms with E-state index in [0.29, 0.717) is 29.3 Å². The van der Waals surface area contributed by atoms with E-state index in [1.54, 1.807) is 23.0 Å². The summed E-state index contributed by atoms with van der Waals surface area (Å²) in [5.41, 5.74) is 7.38. The topological polar surface area (TPSA) is 95.4 Å². The fourth-order valence-corrected chi connectivity index (χ4v) is 4.19. The smallest absolute Gasteiger partial charge is 0.221 e. The van der Waals surface area contributed by atoms with Gasteiger partial charge in [0.25, 0.3) is 0 Å². The van der Waals surface area contributed by atoms with Crippen LogP contribution in [0.4, 0.5) is 10.3 Å². The van der Waals surface area contributed by atoms with Crippen LogP contribution in [0.3, 0.4) is 0 Å². The number of alkyl halides is 1. The number of nitrogens with two attached hydrogens (primary N) is 1. The van der Waals surface area contributed by atoms with Crippen LogP contribution in [0.15, 0.2) is 34.2 Å². The molecule has 0 unspecified atom stereocenters. The molecule has 0 aliphatic heterocycles. The van der Waals surface area contributed by atoms with Crippen molar-refractivity contribution < 1.29 is 4.39 Å². The molecule has 4 rings (SSSR count). The zero-order chi connectivity index (χ0) is 19.2. The summed E-state index contributed by atoms with van der Waals surface area (Å²) in [7, 11) is 0. The Bertz CT molecular complexity index is 1130. The third kappa shape index (κ3) is 3.54. The summed E-state index contributed by atoms with van der Waals surface area (Å²) < 4.78 is 17.5. The van der Waals surface area contributed by atoms with E-state index < -0.39 is 5.67 Å². The Labute approximate surface area is 166 Å². The fourth-order valence-electron chi connectivity index (χ4n) is 2.63. The van der Waals surface area contributed by atoms with Gasteiger partial charge in [0, 0.05) is 5.38 Å². The van der Waals surface area contributed by atoms with E-state index in [-0.39, 0.29) is 5.95 Å². The normalized spacial score (nSPS) is 12.0. The molecule has 0 aromatic carbocycles. The summed E-state index contributed by atoms with van der Waals surface area (Å²) in [6.07, 6.45) is 1.77. The molecular formula is C17H15BrFN7S. The monoisotopic (exact) mass is 447 g/mol. The first kappa shape index (κ1) is 17.9. The number of rotatable bonds is 4. The van der Waals surface area contributed by atoms with Gasteiger partial charge in [-0.05, 0) is 41.9 Å². The zero-order valence-electron chi connectivity index (χ0n) is 14.5. The van der Waals surface area contributed by atoms with Crippen LogP contribution in [0, 0.1) is 0 Å². The van der Waals surface area contributed by atoms with Gasteiger partial charge in [0.05, 0.1) is 33.3 Å². The first-order valence-electron chi connectivity index (χ1n) is 8.07. The Hall–Kier alpha value is -2.46. The number of nitrogens with zero attached hydrogens (tertiary/aromatic N) is 6. The van der Waals surface area contributed by atoms with Crippen LogP contribution in [-0.4, -0.2) is 29.9 Å². The summed E-state index contributed by atoms with van der Waals surface area (Å²) in [4.78, 5) is 13.0. The molecule has 0 spiro atoms. The quantitative estimate of drug-likeness (QED) is 0.508. The Morgan fingerprint density at radius 2 is 2.07 bits per heavy atom. The second-order valence-corrected chi connectivity index (χ2v) is 8.21. The number of aromatic nitrogens is 6. The minimum Gasteiger partial charge on any atom is -0.368 e. The minimum atomic E-state index is -1.50. The lowest BCUT2D eigenvalue weighted by atomic mass is 10.1. The van der Waals surface area contributed by atoms with Crippen molar-refractivity contribution in [3.05, 3.63) is 45.6 Å². The molecule has 0 aliphatic rings. The molecule has 138 valence electrons. The van der Waals surface area contributed by atoms with E-state index in [2.05, 4.69) is 41.2 Å². The molecule has 4 heterocycles. The maximum atomic E-state index is 14.1. The molecule has 2 N–H and O–H groups in total. The van der Waals surface area contributed by atoms with Gasteiger partial charge in [-0.3, -0.25) is 4.98 Å². The van der Waals surface area contributed by atoms with Crippen molar-refractivity contribution in [2.45, 2.75) is 26.1 Å². The number of anilines is 1. The average Bonchev–Trinajstić information content (AvgIpc) is 3.21. The maximum absolute atomic E-state index is 14.1. The highest BCUT2D eigenvalue weighted by molar-refractivity contribution is 9.10. The highest BCUT2D eigenvalue weighted by Gasteiger charge is 2.21. The SMILES string of the molecule is CC(C)(F)c1cccc(Cn2cc(-c3nc(N)nc4c(Br)csc34)nn2)n1. The lowest BCUT2D eigenvalue weighted by Gasteiger charge is -2.14. The molecule has 0 radical (unpaired) electrons. The molecule has 0 aliphatic carbocycles. The van der Waals surface area contributed by atoms with Crippen molar-refractivity contribution in [1.29, 1.82) is 0 Å². The molecular weight excluding hydrogens is 433 g/mol. The van der Waals surface area contributed by atoms with E-state index in [4.69, 9.17) is 5.73 Å². The predicted octanol–water partition coefficient (Wildman–Crippen LogP) is 3.94. The Morgan fingerprint density at radius 1 is 1.26 bits per heavy atom. The van der Waals surface area contributed by atoms with Crippen molar-refractivity contribution >= 4 is 43.4 Å². The predicted molar refractivity (Wildman–Crippen MR) is 106 cm³/mol. The number of pyridine rings is 1. The lowest BCUT2D eigenvalue weighted by molar-refractivity contribution is 0.214. The van der Waals surface area contributed by atoms with E-state index in [0.717, 1.165) is 14.7 Å². The van der Waals surface area contributed by atoms with E-state index >= 15 is 0 Å². The first-order chi connectivity index (χ1) is 12.8. The molecule has 0 bridgehead atoms. The van der Waals surface area contributed by atoms with Gasteiger partial charge in [-0.2, -0.15) is 0 Å². The summed E-state index contributed by atoms with van der Waals surface area (Å²) in [6, 6.07) is 5.29. The van der Waals surface area contributed by atoms with Gasteiger partial charge >= 0.3 is 0 Å². The van der Waals surface area contributed by atoms with Crippen LogP contribution >= 0.6 is 27.3 Å². The van der Waals surface area contributed by atoms with Crippen LogP contribution in [0.25, 0.3) is 21.6 Å². The third-order valence-electron chi connectivity index (χ3n) is 3.91. The molecule has 4 aromatic heterocycles. The fraction of sp³-hybridized carbons (Fsp3) is 0.235. The molecule has 10 heteroatoms. The highest BCUT2D eigenvalue weighted by Crippen LogP contribution is 2.35. The van der Waals surface area contributed by atoms with Crippen molar-refractivity contribution in [1.82, 2.24) is 29.9 Å². The molecule has 7 nitrogen and oxygen atoms in total. The van der Waals surface area contributed by atoms with E-state index in [1.165, 1.54) is 25.2 Å². The van der Waals surface area contributed by atoms with Gasteiger partial charge in [-0.1, -0.05) is 11.3 Å². The van der Waals surface area contributed by atoms with Crippen LogP contribution < -0.4 is 5.73 Å². The molecule has 0 amide bonds. The summed E-state index contributed by atoms with van der Waals surface area (Å²) in [5, 5.41) is 10.3. The second kappa shape index (κ2) is 6.61. The first-order valence-corrected chi connectivity index (χ1v) is 9.74. The van der Waals surface area contributed by atoms with E-state index in [9.17, 15) is 4.39 Å². The maximum Gasteiger partial charge on any atom is 0.221 e. The number of thiophene rings is 1. The van der Waals surface area contributed by atoms with Gasteiger partial charge in [0.1, 0.15) is 22.6 Å². The van der Waals surface area contributed by atoms with Crippen LogP contribution in [0.5, 0.6) is 0 Å². The van der Waals surface area contributed by atoms with Gasteiger partial charge < -0.3 is 5.73 Å². The number of fused-ring (bicyclic) bond motifs is 1. The number of halogens is 2. The minimum absolute atomic E-state index is 0.172. The van der Waals surface area contributed by atoms with Gasteiger partial charge in [0.2, 0.25) is 5.95 Å². The van der Waals surface area contributed by atoms with Crippen LogP contribution in [0.2, 0.25) is 0 Å². The van der Waals surface area contributed by atoms with Crippen molar-refractivity contribution in [2.75, 3.05) is 5.73 Å². The van der Waals surface area contributed by atoms with E-state index in [1.807, 2.05) is 11.4 Å². The average molecular weight is 448 g/mol. The number of hydrogen-bond acceptors (Lipinski definition) is 7. The van der Waals surface area contributed by atoms with Crippen molar-refractivity contribution in [3.8, 4) is 11.4 Å². The number of nitrogen functional groups attached to an aromatic ring is 1. The van der Waals surface area contributed by atoms with Crippen molar-refractivity contribution in [3.63, 3.8) is 0 Å². The van der Waals surface area contributed by atoms with Gasteiger partial charge in [-0.25, -0.2) is 19.0 Å². The summed E-state index contributed by atoms with van der Waals surface area (Å²) in [6.45, 7) is 3.34. The Kier molecular flexibility index (Phi) is 4.39. The van der Waals surface area contributed by atoms with Gasteiger partial charge in [0.15, 0.2) is 0 Å². The Morgan fingerprint density at radius 3 is 2.85 bits per heavy atom. The molecule has 0 atom stereocenters. The van der Waals surface area contributed by atoms with Crippen LogP contribution in [-0.2, 0) is 12.2 Å². The second-order valence-electron chi connectivity index (χ2n) is 6.48. The summed E-state index contributed by atoms with van der Waals surface area (Å²) >= 11 is 4.97. The lowest BCUT2D eigenvalue weighted by Crippen LogP contribution is -2.13. The van der Waals surface area contributed by atoms with Gasteiger partial charge in [-0.15, -0.1) is 16.4 Å². The standard InChI is InChI=1S/C17H15BrFN7S/c1-17(2,19)12-5-3-4-9(21-12)6-26-7-11(24-25-26)14-15-13(10(18)8-27-15)22-16(20)23-14/h3-5,7-8H,6H2,1-2H3,(H2,20,22,23). The molecule has 0 fully saturated rings. The summed E-state index contributed by atoms with van der Waals surface area (Å²) in [5.74, 6) is 0.172. The third-order valence-corrected chi connectivity index (χ3v) is 5.79.